The Bertz CT molecular complexity index is 1780. The van der Waals surface area contributed by atoms with Gasteiger partial charge in [-0.05, 0) is 66.4 Å². The number of hydrogen-bond acceptors (Lipinski definition) is 11. The van der Waals surface area contributed by atoms with Gasteiger partial charge in [0.25, 0.3) is 11.4 Å². The highest BCUT2D eigenvalue weighted by Crippen LogP contribution is 2.32. The number of amides is 3. The van der Waals surface area contributed by atoms with Crippen molar-refractivity contribution in [3.05, 3.63) is 110 Å². The van der Waals surface area contributed by atoms with Crippen molar-refractivity contribution in [2.45, 2.75) is 43.6 Å². The summed E-state index contributed by atoms with van der Waals surface area (Å²) in [6.45, 7) is 3.28. The number of nitro benzene ring substituents is 2. The van der Waals surface area contributed by atoms with Gasteiger partial charge in [-0.25, -0.2) is 9.59 Å². The Labute approximate surface area is 303 Å². The molecule has 0 radical (unpaired) electrons. The van der Waals surface area contributed by atoms with Crippen LogP contribution in [0.3, 0.4) is 0 Å². The van der Waals surface area contributed by atoms with E-state index in [1.54, 1.807) is 30.7 Å². The van der Waals surface area contributed by atoms with E-state index >= 15 is 0 Å². The van der Waals surface area contributed by atoms with Gasteiger partial charge >= 0.3 is 12.2 Å². The maximum Gasteiger partial charge on any atom is 0.435 e. The summed E-state index contributed by atoms with van der Waals surface area (Å²) in [4.78, 5) is 69.6. The van der Waals surface area contributed by atoms with Crippen molar-refractivity contribution in [2.75, 3.05) is 39.8 Å². The Kier molecular flexibility index (Phi) is 12.6. The van der Waals surface area contributed by atoms with E-state index in [2.05, 4.69) is 4.99 Å². The van der Waals surface area contributed by atoms with Gasteiger partial charge in [0.15, 0.2) is 0 Å². The molecule has 17 heteroatoms. The number of rotatable bonds is 11. The van der Waals surface area contributed by atoms with Crippen molar-refractivity contribution in [1.82, 2.24) is 14.7 Å². The van der Waals surface area contributed by atoms with Crippen LogP contribution in [-0.2, 0) is 33.2 Å². The van der Waals surface area contributed by atoms with Crippen molar-refractivity contribution in [2.24, 2.45) is 4.99 Å². The van der Waals surface area contributed by atoms with E-state index in [4.69, 9.17) is 14.2 Å². The number of hydrogen-bond donors (Lipinski definition) is 0. The van der Waals surface area contributed by atoms with Gasteiger partial charge in [-0.15, -0.1) is 0 Å². The molecule has 2 saturated heterocycles. The quantitative estimate of drug-likeness (QED) is 0.105. The summed E-state index contributed by atoms with van der Waals surface area (Å²) in [5, 5.41) is 21.8. The normalized spacial score (nSPS) is 17.4. The summed E-state index contributed by atoms with van der Waals surface area (Å²) >= 11 is 1.65. The van der Waals surface area contributed by atoms with E-state index in [1.165, 1.54) is 53.4 Å². The molecule has 2 aliphatic heterocycles. The van der Waals surface area contributed by atoms with Crippen molar-refractivity contribution in [3.8, 4) is 5.75 Å². The lowest BCUT2D eigenvalue weighted by Crippen LogP contribution is -2.55. The maximum absolute atomic E-state index is 13.9. The molecule has 3 aromatic carbocycles. The van der Waals surface area contributed by atoms with Gasteiger partial charge < -0.3 is 24.0 Å². The number of ether oxygens (including phenoxy) is 3. The molecule has 2 atom stereocenters. The van der Waals surface area contributed by atoms with Crippen molar-refractivity contribution in [1.29, 1.82) is 0 Å². The van der Waals surface area contributed by atoms with Crippen LogP contribution in [0.2, 0.25) is 0 Å². The third-order valence-corrected chi connectivity index (χ3v) is 10.1. The van der Waals surface area contributed by atoms with Crippen molar-refractivity contribution in [3.63, 3.8) is 0 Å². The van der Waals surface area contributed by atoms with Crippen LogP contribution in [-0.4, -0.2) is 99.6 Å². The van der Waals surface area contributed by atoms with Gasteiger partial charge in [0, 0.05) is 68.0 Å². The monoisotopic (exact) mass is 734 g/mol. The molecule has 0 aliphatic carbocycles. The number of carbonyl (C=O) groups excluding carboxylic acids is 3. The molecule has 2 aliphatic rings. The Hall–Kier alpha value is -5.71. The van der Waals surface area contributed by atoms with E-state index < -0.39 is 28.1 Å². The van der Waals surface area contributed by atoms with E-state index in [0.29, 0.717) is 61.9 Å². The Balaban J connectivity index is 1.17. The molecule has 0 unspecified atom stereocenters. The third kappa shape index (κ3) is 9.96. The number of thioether (sulfide) groups is 1. The molecular formula is C35H38N6O10S. The van der Waals surface area contributed by atoms with Crippen molar-refractivity contribution < 1.29 is 38.4 Å². The Morgan fingerprint density at radius 2 is 1.31 bits per heavy atom. The average molecular weight is 735 g/mol. The van der Waals surface area contributed by atoms with Crippen LogP contribution in [0.1, 0.15) is 30.0 Å². The summed E-state index contributed by atoms with van der Waals surface area (Å²) in [7, 11) is 1.61. The van der Waals surface area contributed by atoms with Crippen LogP contribution >= 0.6 is 11.8 Å². The number of nitrogens with zero attached hydrogens (tertiary/aromatic N) is 6. The topological polar surface area (TPSA) is 187 Å². The predicted octanol–water partition coefficient (Wildman–Crippen LogP) is 5.42. The Morgan fingerprint density at radius 1 is 0.788 bits per heavy atom. The zero-order chi connectivity index (χ0) is 37.2. The average Bonchev–Trinajstić information content (AvgIpc) is 3.60. The summed E-state index contributed by atoms with van der Waals surface area (Å²) in [6.07, 6.45) is -1.01. The highest BCUT2D eigenvalue weighted by molar-refractivity contribution is 7.99. The molecular weight excluding hydrogens is 696 g/mol. The fourth-order valence-corrected chi connectivity index (χ4v) is 6.99. The highest BCUT2D eigenvalue weighted by atomic mass is 32.2. The number of amidine groups is 1. The van der Waals surface area contributed by atoms with Gasteiger partial charge in [-0.2, -0.15) is 16.8 Å². The molecule has 0 bridgehead atoms. The van der Waals surface area contributed by atoms with E-state index in [0.717, 1.165) is 11.3 Å². The standard InChI is InChI=1S/C35H38N6O10S/c1-24(36-34(43)50-21-25-3-9-28(10-4-25)40(45)46)37-15-17-38(18-16-37)33(42)32-19-31(52-23-27-7-13-30(49-2)14-8-27)20-39(32)35(44)51-22-26-5-11-29(12-6-26)41(47)48/h3-14,31-32H,15-23H2,1-2H3/t31-,32-/m0/s1. The molecule has 2 fully saturated rings. The predicted molar refractivity (Wildman–Crippen MR) is 191 cm³/mol. The first-order valence-corrected chi connectivity index (χ1v) is 17.5. The van der Waals surface area contributed by atoms with Gasteiger partial charge in [0.2, 0.25) is 5.91 Å². The molecule has 274 valence electrons. The second-order valence-corrected chi connectivity index (χ2v) is 13.4. The van der Waals surface area contributed by atoms with E-state index in [9.17, 15) is 34.6 Å². The number of non-ortho nitro benzene ring substituents is 2. The molecule has 3 aromatic rings. The fourth-order valence-electron chi connectivity index (χ4n) is 5.79. The molecule has 0 spiro atoms. The number of piperazine rings is 1. The second kappa shape index (κ2) is 17.5. The minimum atomic E-state index is -0.804. The molecule has 0 saturated carbocycles. The van der Waals surface area contributed by atoms with Crippen LogP contribution in [0.5, 0.6) is 5.75 Å². The van der Waals surface area contributed by atoms with E-state index in [1.807, 2.05) is 29.2 Å². The number of methoxy groups -OCH3 is 1. The summed E-state index contributed by atoms with van der Waals surface area (Å²) in [5.41, 5.74) is 2.10. The van der Waals surface area contributed by atoms with Gasteiger partial charge in [0.05, 0.1) is 17.0 Å². The minimum absolute atomic E-state index is 0.0318. The van der Waals surface area contributed by atoms with Crippen LogP contribution in [0.15, 0.2) is 77.8 Å². The van der Waals surface area contributed by atoms with Gasteiger partial charge in [0.1, 0.15) is 30.8 Å². The fraction of sp³-hybridized carbons (Fsp3) is 0.371. The maximum atomic E-state index is 13.9. The first kappa shape index (κ1) is 37.5. The second-order valence-electron chi connectivity index (χ2n) is 12.1. The molecule has 0 aromatic heterocycles. The number of carbonyl (C=O) groups is 3. The lowest BCUT2D eigenvalue weighted by Gasteiger charge is -2.37. The molecule has 3 amide bonds. The largest absolute Gasteiger partial charge is 0.497 e. The van der Waals surface area contributed by atoms with E-state index in [-0.39, 0.29) is 35.7 Å². The third-order valence-electron chi connectivity index (χ3n) is 8.75. The summed E-state index contributed by atoms with van der Waals surface area (Å²) in [5.74, 6) is 1.66. The Morgan fingerprint density at radius 3 is 1.85 bits per heavy atom. The molecule has 5 rings (SSSR count). The zero-order valence-electron chi connectivity index (χ0n) is 28.6. The molecule has 0 N–H and O–H groups in total. The number of aliphatic imine (C=N–C) groups is 1. The smallest absolute Gasteiger partial charge is 0.435 e. The summed E-state index contributed by atoms with van der Waals surface area (Å²) < 4.78 is 16.0. The van der Waals surface area contributed by atoms with Crippen molar-refractivity contribution >= 4 is 47.1 Å². The highest BCUT2D eigenvalue weighted by Gasteiger charge is 2.43. The molecule has 2 heterocycles. The summed E-state index contributed by atoms with van der Waals surface area (Å²) in [6, 6.07) is 18.4. The van der Waals surface area contributed by atoms with Crippen LogP contribution in [0.4, 0.5) is 21.0 Å². The number of likely N-dealkylation sites (tertiary alicyclic amines) is 1. The zero-order valence-corrected chi connectivity index (χ0v) is 29.4. The number of nitro groups is 2. The first-order valence-electron chi connectivity index (χ1n) is 16.4. The van der Waals surface area contributed by atoms with Gasteiger partial charge in [-0.3, -0.25) is 29.9 Å². The van der Waals surface area contributed by atoms with Crippen LogP contribution < -0.4 is 4.74 Å². The lowest BCUT2D eigenvalue weighted by atomic mass is 10.1. The lowest BCUT2D eigenvalue weighted by molar-refractivity contribution is -0.385. The van der Waals surface area contributed by atoms with Crippen LogP contribution in [0, 0.1) is 20.2 Å². The molecule has 52 heavy (non-hydrogen) atoms. The molecule has 16 nitrogen and oxygen atoms in total. The van der Waals surface area contributed by atoms with Crippen LogP contribution in [0.25, 0.3) is 0 Å². The minimum Gasteiger partial charge on any atom is -0.497 e. The van der Waals surface area contributed by atoms with Gasteiger partial charge in [-0.1, -0.05) is 12.1 Å². The SMILES string of the molecule is COc1ccc(CS[C@H]2C[C@@H](C(=O)N3CCN(C(C)=NC(=O)OCc4ccc([N+](=O)[O-])cc4)CC3)N(C(=O)OCc3ccc([N+](=O)[O-])cc3)C2)cc1. The first-order chi connectivity index (χ1) is 25.0. The number of benzene rings is 3.